The Bertz CT molecular complexity index is 736. The Morgan fingerprint density at radius 3 is 2.74 bits per heavy atom. The molecule has 2 rings (SSSR count). The van der Waals surface area contributed by atoms with Crippen LogP contribution in [0.4, 0.5) is 17.1 Å². The van der Waals surface area contributed by atoms with E-state index in [0.29, 0.717) is 17.1 Å². The monoisotopic (exact) mass is 335 g/mol. The van der Waals surface area contributed by atoms with Crippen molar-refractivity contribution in [2.45, 2.75) is 0 Å². The molecule has 0 aliphatic heterocycles. The van der Waals surface area contributed by atoms with Crippen LogP contribution in [0, 0.1) is 10.1 Å². The number of hydrogen-bond donors (Lipinski definition) is 2. The molecule has 0 heterocycles. The number of rotatable bonds is 6. The number of nitrogens with zero attached hydrogens (tertiary/aromatic N) is 1. The number of nitro benzene ring substituents is 1. The first-order valence-electron chi connectivity index (χ1n) is 6.61. The van der Waals surface area contributed by atoms with E-state index in [-0.39, 0.29) is 23.2 Å². The van der Waals surface area contributed by atoms with Crippen molar-refractivity contribution < 1.29 is 14.5 Å². The fourth-order valence-corrected chi connectivity index (χ4v) is 2.04. The molecule has 0 aromatic heterocycles. The Kier molecular flexibility index (Phi) is 5.37. The Morgan fingerprint density at radius 1 is 1.26 bits per heavy atom. The first-order valence-corrected chi connectivity index (χ1v) is 6.99. The molecule has 0 aliphatic carbocycles. The van der Waals surface area contributed by atoms with Crippen LogP contribution in [0.1, 0.15) is 0 Å². The zero-order valence-electron chi connectivity index (χ0n) is 12.2. The fraction of sp³-hybridized carbons (Fsp3) is 0.133. The van der Waals surface area contributed by atoms with E-state index >= 15 is 0 Å². The highest BCUT2D eigenvalue weighted by molar-refractivity contribution is 6.32. The second kappa shape index (κ2) is 7.46. The van der Waals surface area contributed by atoms with Crippen molar-refractivity contribution in [3.63, 3.8) is 0 Å². The highest BCUT2D eigenvalue weighted by Crippen LogP contribution is 2.27. The lowest BCUT2D eigenvalue weighted by atomic mass is 10.2. The van der Waals surface area contributed by atoms with Gasteiger partial charge in [0.25, 0.3) is 5.69 Å². The molecule has 0 fully saturated rings. The van der Waals surface area contributed by atoms with Crippen LogP contribution in [0.2, 0.25) is 5.02 Å². The third-order valence-corrected chi connectivity index (χ3v) is 3.27. The zero-order chi connectivity index (χ0) is 16.8. The summed E-state index contributed by atoms with van der Waals surface area (Å²) in [5, 5.41) is 16.4. The van der Waals surface area contributed by atoms with Crippen molar-refractivity contribution in [3.05, 3.63) is 57.6 Å². The highest BCUT2D eigenvalue weighted by atomic mass is 35.5. The normalized spacial score (nSPS) is 10.0. The number of ether oxygens (including phenoxy) is 1. The summed E-state index contributed by atoms with van der Waals surface area (Å²) in [5.74, 6) is 0.333. The molecule has 0 saturated heterocycles. The maximum absolute atomic E-state index is 11.9. The van der Waals surface area contributed by atoms with Gasteiger partial charge in [-0.25, -0.2) is 0 Å². The molecule has 0 aliphatic rings. The summed E-state index contributed by atoms with van der Waals surface area (Å²) in [5.41, 5.74) is 0.810. The average Bonchev–Trinajstić information content (AvgIpc) is 2.54. The van der Waals surface area contributed by atoms with Crippen LogP contribution in [-0.2, 0) is 4.79 Å². The molecule has 2 aromatic carbocycles. The molecule has 7 nitrogen and oxygen atoms in total. The van der Waals surface area contributed by atoms with Gasteiger partial charge >= 0.3 is 0 Å². The zero-order valence-corrected chi connectivity index (χ0v) is 13.0. The number of nitro groups is 1. The van der Waals surface area contributed by atoms with Gasteiger partial charge in [0.15, 0.2) is 0 Å². The molecule has 8 heteroatoms. The molecule has 0 unspecified atom stereocenters. The summed E-state index contributed by atoms with van der Waals surface area (Å²) in [6.07, 6.45) is 0. The van der Waals surface area contributed by atoms with Gasteiger partial charge in [0, 0.05) is 23.5 Å². The number of amides is 1. The standard InChI is InChI=1S/C15H14ClN3O4/c1-23-12-4-2-3-11(7-12)18-15(20)9-17-10-5-6-13(16)14(8-10)19(21)22/h2-8,17H,9H2,1H3,(H,18,20). The number of carbonyl (C=O) groups is 1. The van der Waals surface area contributed by atoms with Gasteiger partial charge in [-0.15, -0.1) is 0 Å². The summed E-state index contributed by atoms with van der Waals surface area (Å²) >= 11 is 5.73. The van der Waals surface area contributed by atoms with Crippen LogP contribution in [0.15, 0.2) is 42.5 Å². The van der Waals surface area contributed by atoms with E-state index in [4.69, 9.17) is 16.3 Å². The van der Waals surface area contributed by atoms with Gasteiger partial charge in [-0.1, -0.05) is 17.7 Å². The van der Waals surface area contributed by atoms with Gasteiger partial charge in [-0.05, 0) is 24.3 Å². The Balaban J connectivity index is 1.96. The Morgan fingerprint density at radius 2 is 2.04 bits per heavy atom. The van der Waals surface area contributed by atoms with E-state index in [1.807, 2.05) is 0 Å². The third kappa shape index (κ3) is 4.58. The summed E-state index contributed by atoms with van der Waals surface area (Å²) < 4.78 is 5.07. The number of nitrogens with one attached hydrogen (secondary N) is 2. The minimum absolute atomic E-state index is 0.0429. The summed E-state index contributed by atoms with van der Waals surface area (Å²) in [6, 6.07) is 11.2. The first kappa shape index (κ1) is 16.6. The van der Waals surface area contributed by atoms with Crippen LogP contribution in [-0.4, -0.2) is 24.5 Å². The van der Waals surface area contributed by atoms with E-state index in [9.17, 15) is 14.9 Å². The van der Waals surface area contributed by atoms with Gasteiger partial charge in [-0.3, -0.25) is 14.9 Å². The average molecular weight is 336 g/mol. The predicted molar refractivity (Wildman–Crippen MR) is 88.2 cm³/mol. The summed E-state index contributed by atoms with van der Waals surface area (Å²) in [6.45, 7) is -0.0456. The number of methoxy groups -OCH3 is 1. The lowest BCUT2D eigenvalue weighted by Gasteiger charge is -2.09. The van der Waals surface area contributed by atoms with Gasteiger partial charge in [0.05, 0.1) is 18.6 Å². The summed E-state index contributed by atoms with van der Waals surface area (Å²) in [7, 11) is 1.54. The van der Waals surface area contributed by atoms with Crippen molar-refractivity contribution >= 4 is 34.6 Å². The van der Waals surface area contributed by atoms with E-state index in [1.54, 1.807) is 30.3 Å². The first-order chi connectivity index (χ1) is 11.0. The second-order valence-electron chi connectivity index (χ2n) is 4.56. The Labute approximate surface area is 137 Å². The minimum atomic E-state index is -0.580. The number of halogens is 1. The van der Waals surface area contributed by atoms with Gasteiger partial charge < -0.3 is 15.4 Å². The molecule has 0 atom stereocenters. The molecule has 2 N–H and O–H groups in total. The number of hydrogen-bond acceptors (Lipinski definition) is 5. The van der Waals surface area contributed by atoms with Crippen LogP contribution < -0.4 is 15.4 Å². The van der Waals surface area contributed by atoms with E-state index < -0.39 is 4.92 Å². The highest BCUT2D eigenvalue weighted by Gasteiger charge is 2.13. The maximum Gasteiger partial charge on any atom is 0.289 e. The third-order valence-electron chi connectivity index (χ3n) is 2.95. The molecule has 0 radical (unpaired) electrons. The molecule has 0 spiro atoms. The SMILES string of the molecule is COc1cccc(NC(=O)CNc2ccc(Cl)c([N+](=O)[O-])c2)c1. The molecular formula is C15H14ClN3O4. The molecule has 120 valence electrons. The van der Waals surface area contributed by atoms with Crippen molar-refractivity contribution in [3.8, 4) is 5.75 Å². The van der Waals surface area contributed by atoms with E-state index in [2.05, 4.69) is 10.6 Å². The largest absolute Gasteiger partial charge is 0.497 e. The lowest BCUT2D eigenvalue weighted by Crippen LogP contribution is -2.21. The number of carbonyl (C=O) groups excluding carboxylic acids is 1. The van der Waals surface area contributed by atoms with Gasteiger partial charge in [0.2, 0.25) is 5.91 Å². The smallest absolute Gasteiger partial charge is 0.289 e. The number of benzene rings is 2. The molecule has 1 amide bonds. The van der Waals surface area contributed by atoms with Crippen molar-refractivity contribution in [1.82, 2.24) is 0 Å². The molecule has 0 saturated carbocycles. The van der Waals surface area contributed by atoms with E-state index in [0.717, 1.165) is 0 Å². The van der Waals surface area contributed by atoms with Crippen LogP contribution in [0.25, 0.3) is 0 Å². The minimum Gasteiger partial charge on any atom is -0.497 e. The van der Waals surface area contributed by atoms with Crippen molar-refractivity contribution in [2.75, 3.05) is 24.3 Å². The molecule has 0 bridgehead atoms. The van der Waals surface area contributed by atoms with E-state index in [1.165, 1.54) is 19.2 Å². The number of anilines is 2. The quantitative estimate of drug-likeness (QED) is 0.624. The van der Waals surface area contributed by atoms with Crippen molar-refractivity contribution in [1.29, 1.82) is 0 Å². The lowest BCUT2D eigenvalue weighted by molar-refractivity contribution is -0.384. The maximum atomic E-state index is 11.9. The second-order valence-corrected chi connectivity index (χ2v) is 4.96. The molecule has 2 aromatic rings. The van der Waals surface area contributed by atoms with Crippen LogP contribution in [0.5, 0.6) is 5.75 Å². The Hall–Kier alpha value is -2.80. The van der Waals surface area contributed by atoms with Gasteiger partial charge in [0.1, 0.15) is 10.8 Å². The predicted octanol–water partition coefficient (Wildman–Crippen LogP) is 3.31. The molecular weight excluding hydrogens is 322 g/mol. The topological polar surface area (TPSA) is 93.5 Å². The fourth-order valence-electron chi connectivity index (χ4n) is 1.85. The van der Waals surface area contributed by atoms with Crippen LogP contribution >= 0.6 is 11.6 Å². The molecule has 23 heavy (non-hydrogen) atoms. The van der Waals surface area contributed by atoms with Crippen LogP contribution in [0.3, 0.4) is 0 Å². The van der Waals surface area contributed by atoms with Crippen molar-refractivity contribution in [2.24, 2.45) is 0 Å². The summed E-state index contributed by atoms with van der Waals surface area (Å²) in [4.78, 5) is 22.1. The van der Waals surface area contributed by atoms with Gasteiger partial charge in [-0.2, -0.15) is 0 Å².